The standard InChI is InChI=1S/C76H56N2O/c1-75(2)67-25-12-13-26-68(67)76(3)46-45-60(49-73(75)76)77(59-41-35-55(36-42-59)62-23-16-24-64-63-22-11-15-28-72(63)79-74(62)64)58-39-33-53(34-40-58)52-29-31-54(32-30-52)61-21-10-14-27-69(61)78-70-43-37-56(50-17-6-4-7-18-50)47-65(70)66-48-57(38-44-71(66)78)51-19-8-5-9-20-51/h4-49,73H,1-3H3. The van der Waals surface area contributed by atoms with Gasteiger partial charge in [-0.2, -0.15) is 0 Å². The zero-order chi connectivity index (χ0) is 52.8. The Bertz CT molecular complexity index is 4460. The van der Waals surface area contributed by atoms with E-state index in [0.717, 1.165) is 55.7 Å². The van der Waals surface area contributed by atoms with Crippen LogP contribution in [0, 0.1) is 5.92 Å². The molecule has 2 atom stereocenters. The number of aromatic nitrogens is 1. The Morgan fingerprint density at radius 2 is 0.873 bits per heavy atom. The fraction of sp³-hybridized carbons (Fsp3) is 0.0789. The number of para-hydroxylation sites is 3. The summed E-state index contributed by atoms with van der Waals surface area (Å²) >= 11 is 0. The van der Waals surface area contributed by atoms with Crippen LogP contribution in [0.4, 0.5) is 11.4 Å². The lowest BCUT2D eigenvalue weighted by molar-refractivity contribution is 0.322. The lowest BCUT2D eigenvalue weighted by Crippen LogP contribution is -2.36. The number of rotatable bonds is 9. The molecule has 3 nitrogen and oxygen atoms in total. The zero-order valence-electron chi connectivity index (χ0n) is 44.4. The quantitative estimate of drug-likeness (QED) is 0.144. The van der Waals surface area contributed by atoms with Crippen molar-refractivity contribution < 1.29 is 4.42 Å². The lowest BCUT2D eigenvalue weighted by Gasteiger charge is -2.39. The van der Waals surface area contributed by atoms with Crippen molar-refractivity contribution in [3.8, 4) is 61.3 Å². The van der Waals surface area contributed by atoms with Crippen molar-refractivity contribution in [2.24, 2.45) is 5.92 Å². The Hall–Kier alpha value is -9.70. The van der Waals surface area contributed by atoms with E-state index >= 15 is 0 Å². The van der Waals surface area contributed by atoms with E-state index in [0.29, 0.717) is 0 Å². The van der Waals surface area contributed by atoms with E-state index in [4.69, 9.17) is 4.42 Å². The third-order valence-corrected chi connectivity index (χ3v) is 17.4. The first kappa shape index (κ1) is 46.6. The van der Waals surface area contributed by atoms with Crippen LogP contribution < -0.4 is 4.90 Å². The molecule has 0 N–H and O–H groups in total. The van der Waals surface area contributed by atoms with Crippen LogP contribution in [0.2, 0.25) is 0 Å². The summed E-state index contributed by atoms with van der Waals surface area (Å²) < 4.78 is 8.96. The molecule has 11 aromatic carbocycles. The maximum Gasteiger partial charge on any atom is 0.143 e. The average Bonchev–Trinajstić information content (AvgIpc) is 3.92. The van der Waals surface area contributed by atoms with Crippen LogP contribution in [0.25, 0.3) is 105 Å². The van der Waals surface area contributed by atoms with Crippen LogP contribution in [-0.2, 0) is 10.8 Å². The number of nitrogens with zero attached hydrogens (tertiary/aromatic N) is 2. The number of hydrogen-bond donors (Lipinski definition) is 0. The van der Waals surface area contributed by atoms with Gasteiger partial charge in [0, 0.05) is 61.1 Å². The average molecular weight is 1010 g/mol. The van der Waals surface area contributed by atoms with Crippen LogP contribution in [0.3, 0.4) is 0 Å². The molecule has 0 saturated heterocycles. The number of furan rings is 1. The van der Waals surface area contributed by atoms with Crippen molar-refractivity contribution in [1.82, 2.24) is 4.57 Å². The normalized spacial score (nSPS) is 16.3. The number of fused-ring (bicyclic) bond motifs is 9. The van der Waals surface area contributed by atoms with E-state index in [2.05, 4.69) is 303 Å². The summed E-state index contributed by atoms with van der Waals surface area (Å²) in [6, 6.07) is 95.2. The van der Waals surface area contributed by atoms with Gasteiger partial charge in [0.25, 0.3) is 0 Å². The van der Waals surface area contributed by atoms with Crippen molar-refractivity contribution in [2.75, 3.05) is 4.90 Å². The van der Waals surface area contributed by atoms with E-state index in [1.54, 1.807) is 0 Å². The molecule has 0 saturated carbocycles. The minimum atomic E-state index is -0.108. The van der Waals surface area contributed by atoms with Gasteiger partial charge in [0.1, 0.15) is 11.2 Å². The van der Waals surface area contributed by atoms with Gasteiger partial charge in [-0.05, 0) is 128 Å². The Labute approximate surface area is 461 Å². The van der Waals surface area contributed by atoms with Crippen LogP contribution in [-0.4, -0.2) is 4.57 Å². The molecule has 2 aliphatic carbocycles. The molecule has 0 bridgehead atoms. The summed E-state index contributed by atoms with van der Waals surface area (Å²) in [6.45, 7) is 7.25. The van der Waals surface area contributed by atoms with Crippen molar-refractivity contribution in [2.45, 2.75) is 31.6 Å². The van der Waals surface area contributed by atoms with Gasteiger partial charge in [-0.25, -0.2) is 0 Å². The summed E-state index contributed by atoms with van der Waals surface area (Å²) in [6.07, 6.45) is 7.35. The van der Waals surface area contributed by atoms with E-state index in [-0.39, 0.29) is 16.7 Å². The summed E-state index contributed by atoms with van der Waals surface area (Å²) in [7, 11) is 0. The molecule has 0 fully saturated rings. The Kier molecular flexibility index (Phi) is 10.7. The maximum absolute atomic E-state index is 6.50. The SMILES string of the molecule is CC1(C)c2ccccc2C2(C)C=CC(N(c3ccc(-c4ccc(-c5ccccc5-n5c6ccc(-c7ccccc7)cc6c6cc(-c7ccccc7)ccc65)cc4)cc3)c3ccc(-c4cccc5c4oc4ccccc45)cc3)=CC12. The highest BCUT2D eigenvalue weighted by atomic mass is 16.3. The summed E-state index contributed by atoms with van der Waals surface area (Å²) in [4.78, 5) is 2.43. The van der Waals surface area contributed by atoms with Crippen LogP contribution >= 0.6 is 0 Å². The molecule has 0 aliphatic heterocycles. The second-order valence-electron chi connectivity index (χ2n) is 22.3. The number of hydrogen-bond acceptors (Lipinski definition) is 2. The highest BCUT2D eigenvalue weighted by Crippen LogP contribution is 2.57. The van der Waals surface area contributed by atoms with E-state index in [1.807, 2.05) is 6.07 Å². The van der Waals surface area contributed by atoms with Gasteiger partial charge >= 0.3 is 0 Å². The molecule has 15 rings (SSSR count). The molecule has 2 unspecified atom stereocenters. The Balaban J connectivity index is 0.786. The topological polar surface area (TPSA) is 21.3 Å². The van der Waals surface area contributed by atoms with Crippen molar-refractivity contribution in [3.05, 3.63) is 296 Å². The van der Waals surface area contributed by atoms with Crippen LogP contribution in [0.5, 0.6) is 0 Å². The van der Waals surface area contributed by atoms with E-state index < -0.39 is 0 Å². The van der Waals surface area contributed by atoms with Crippen LogP contribution in [0.1, 0.15) is 31.9 Å². The minimum Gasteiger partial charge on any atom is -0.455 e. The smallest absolute Gasteiger partial charge is 0.143 e. The van der Waals surface area contributed by atoms with E-state index in [9.17, 15) is 0 Å². The molecule has 13 aromatic rings. The van der Waals surface area contributed by atoms with Crippen molar-refractivity contribution in [1.29, 1.82) is 0 Å². The number of benzene rings is 11. The largest absolute Gasteiger partial charge is 0.455 e. The minimum absolute atomic E-state index is 0.0542. The predicted octanol–water partition coefficient (Wildman–Crippen LogP) is 20.5. The number of allylic oxidation sites excluding steroid dienone is 3. The summed E-state index contributed by atoms with van der Waals surface area (Å²) in [5, 5.41) is 4.74. The fourth-order valence-electron chi connectivity index (χ4n) is 13.5. The number of anilines is 2. The Morgan fingerprint density at radius 1 is 0.392 bits per heavy atom. The summed E-state index contributed by atoms with van der Waals surface area (Å²) in [5.41, 5.74) is 23.1. The highest BCUT2D eigenvalue weighted by molar-refractivity contribution is 6.12. The highest BCUT2D eigenvalue weighted by Gasteiger charge is 2.52. The molecule has 2 aliphatic rings. The van der Waals surface area contributed by atoms with E-state index in [1.165, 1.54) is 77.6 Å². The second kappa shape index (κ2) is 18.2. The molecular weight excluding hydrogens is 957 g/mol. The van der Waals surface area contributed by atoms with Gasteiger partial charge in [0.05, 0.1) is 16.7 Å². The van der Waals surface area contributed by atoms with Crippen LogP contribution in [0.15, 0.2) is 289 Å². The molecule has 2 heterocycles. The van der Waals surface area contributed by atoms with Gasteiger partial charge in [0.15, 0.2) is 0 Å². The lowest BCUT2D eigenvalue weighted by atomic mass is 9.66. The van der Waals surface area contributed by atoms with Gasteiger partial charge in [-0.3, -0.25) is 0 Å². The molecule has 376 valence electrons. The molecule has 3 heteroatoms. The van der Waals surface area contributed by atoms with Crippen molar-refractivity contribution in [3.63, 3.8) is 0 Å². The fourth-order valence-corrected chi connectivity index (χ4v) is 13.5. The Morgan fingerprint density at radius 3 is 1.53 bits per heavy atom. The second-order valence-corrected chi connectivity index (χ2v) is 22.3. The third kappa shape index (κ3) is 7.56. The maximum atomic E-state index is 6.50. The summed E-state index contributed by atoms with van der Waals surface area (Å²) in [5.74, 6) is 0.266. The van der Waals surface area contributed by atoms with Gasteiger partial charge < -0.3 is 13.9 Å². The monoisotopic (exact) mass is 1010 g/mol. The predicted molar refractivity (Wildman–Crippen MR) is 331 cm³/mol. The first-order valence-corrected chi connectivity index (χ1v) is 27.6. The molecule has 2 aromatic heterocycles. The molecule has 0 amide bonds. The van der Waals surface area contributed by atoms with Gasteiger partial charge in [-0.15, -0.1) is 0 Å². The molecule has 0 radical (unpaired) electrons. The first-order chi connectivity index (χ1) is 38.8. The zero-order valence-corrected chi connectivity index (χ0v) is 44.4. The molecule has 79 heavy (non-hydrogen) atoms. The molecular formula is C76H56N2O. The van der Waals surface area contributed by atoms with Gasteiger partial charge in [-0.1, -0.05) is 233 Å². The van der Waals surface area contributed by atoms with Gasteiger partial charge in [0.2, 0.25) is 0 Å². The third-order valence-electron chi connectivity index (χ3n) is 17.4. The first-order valence-electron chi connectivity index (χ1n) is 27.6. The van der Waals surface area contributed by atoms with Crippen molar-refractivity contribution >= 4 is 55.1 Å². The molecule has 0 spiro atoms.